The van der Waals surface area contributed by atoms with E-state index in [0.29, 0.717) is 24.4 Å². The van der Waals surface area contributed by atoms with Crippen LogP contribution in [0, 0.1) is 5.92 Å². The number of ether oxygens (including phenoxy) is 1. The zero-order chi connectivity index (χ0) is 18.5. The number of nitrogens with one attached hydrogen (secondary N) is 1. The Morgan fingerprint density at radius 2 is 2.08 bits per heavy atom. The average molecular weight is 369 g/mol. The summed E-state index contributed by atoms with van der Waals surface area (Å²) in [5, 5.41) is 3.08. The summed E-state index contributed by atoms with van der Waals surface area (Å²) in [6.07, 6.45) is 8.07. The van der Waals surface area contributed by atoms with E-state index >= 15 is 0 Å². The molecule has 0 fully saturated rings. The van der Waals surface area contributed by atoms with Crippen LogP contribution in [0.3, 0.4) is 0 Å². The Balaban J connectivity index is 1.51. The minimum absolute atomic E-state index is 0.0869. The number of amides is 2. The van der Waals surface area contributed by atoms with Crippen LogP contribution in [-0.4, -0.2) is 41.2 Å². The van der Waals surface area contributed by atoms with Gasteiger partial charge in [0.15, 0.2) is 0 Å². The number of carbonyl (C=O) groups is 2. The Labute approximate surface area is 157 Å². The Morgan fingerprint density at radius 1 is 1.31 bits per heavy atom. The van der Waals surface area contributed by atoms with E-state index in [1.54, 1.807) is 37.5 Å². The van der Waals surface area contributed by atoms with Crippen LogP contribution in [0.5, 0.6) is 5.75 Å². The molecular formula is C19H19N3O3S. The van der Waals surface area contributed by atoms with Gasteiger partial charge in [0.05, 0.1) is 18.7 Å². The molecule has 134 valence electrons. The molecule has 0 bridgehead atoms. The average Bonchev–Trinajstić information content (AvgIpc) is 2.65. The first-order valence-electron chi connectivity index (χ1n) is 8.31. The van der Waals surface area contributed by atoms with Crippen LogP contribution in [0.2, 0.25) is 0 Å². The summed E-state index contributed by atoms with van der Waals surface area (Å²) in [5.41, 5.74) is 1.38. The number of fused-ring (bicyclic) bond motifs is 1. The minimum atomic E-state index is -0.375. The standard InChI is InChI=1S/C19H19N3O3S/c1-25-14-10-8-13(9-11-14)20-17(23)7-4-12-22-18(24)15-5-2-3-6-16(15)21-19(22)26/h2-3,5-6,8-11,15H,4,7,12H2,1H3,(H,20,23). The highest BCUT2D eigenvalue weighted by molar-refractivity contribution is 7.80. The molecule has 1 atom stereocenters. The third kappa shape index (κ3) is 4.05. The van der Waals surface area contributed by atoms with Gasteiger partial charge in [-0.25, -0.2) is 4.99 Å². The van der Waals surface area contributed by atoms with Crippen LogP contribution in [-0.2, 0) is 9.59 Å². The predicted octanol–water partition coefficient (Wildman–Crippen LogP) is 2.72. The first kappa shape index (κ1) is 18.0. The topological polar surface area (TPSA) is 71.0 Å². The van der Waals surface area contributed by atoms with Crippen molar-refractivity contribution in [1.29, 1.82) is 0 Å². The third-order valence-electron chi connectivity index (χ3n) is 4.15. The molecule has 1 unspecified atom stereocenters. The molecule has 26 heavy (non-hydrogen) atoms. The van der Waals surface area contributed by atoms with E-state index in [9.17, 15) is 9.59 Å². The van der Waals surface area contributed by atoms with Gasteiger partial charge in [-0.1, -0.05) is 18.2 Å². The zero-order valence-electron chi connectivity index (χ0n) is 14.3. The highest BCUT2D eigenvalue weighted by Gasteiger charge is 2.33. The van der Waals surface area contributed by atoms with Crippen molar-refractivity contribution in [3.8, 4) is 5.75 Å². The maximum absolute atomic E-state index is 12.6. The van der Waals surface area contributed by atoms with Gasteiger partial charge in [0.1, 0.15) is 5.75 Å². The quantitative estimate of drug-likeness (QED) is 0.783. The number of allylic oxidation sites excluding steroid dienone is 3. The molecule has 1 aromatic carbocycles. The van der Waals surface area contributed by atoms with Crippen molar-refractivity contribution in [1.82, 2.24) is 4.90 Å². The summed E-state index contributed by atoms with van der Waals surface area (Å²) < 4.78 is 5.08. The van der Waals surface area contributed by atoms with E-state index in [4.69, 9.17) is 17.0 Å². The molecule has 0 saturated carbocycles. The number of thiocarbonyl (C=S) groups is 1. The van der Waals surface area contributed by atoms with Gasteiger partial charge in [-0.15, -0.1) is 0 Å². The van der Waals surface area contributed by atoms with Gasteiger partial charge in [0, 0.05) is 18.7 Å². The lowest BCUT2D eigenvalue weighted by Crippen LogP contribution is -2.46. The number of rotatable bonds is 6. The second-order valence-electron chi connectivity index (χ2n) is 5.91. The summed E-state index contributed by atoms with van der Waals surface area (Å²) in [7, 11) is 1.59. The number of nitrogens with zero attached hydrogens (tertiary/aromatic N) is 2. The number of hydrogen-bond acceptors (Lipinski definition) is 4. The van der Waals surface area contributed by atoms with Crippen molar-refractivity contribution in [2.45, 2.75) is 12.8 Å². The van der Waals surface area contributed by atoms with Crippen LogP contribution in [0.4, 0.5) is 5.69 Å². The van der Waals surface area contributed by atoms with Crippen molar-refractivity contribution in [3.05, 3.63) is 48.6 Å². The highest BCUT2D eigenvalue weighted by Crippen LogP contribution is 2.20. The van der Waals surface area contributed by atoms with Crippen LogP contribution in [0.1, 0.15) is 12.8 Å². The Hall–Kier alpha value is -2.80. The van der Waals surface area contributed by atoms with Crippen molar-refractivity contribution in [2.24, 2.45) is 10.9 Å². The molecule has 0 radical (unpaired) electrons. The highest BCUT2D eigenvalue weighted by atomic mass is 32.1. The Morgan fingerprint density at radius 3 is 2.81 bits per heavy atom. The normalized spacial score (nSPS) is 18.4. The molecule has 6 nitrogen and oxygen atoms in total. The molecule has 1 aliphatic carbocycles. The minimum Gasteiger partial charge on any atom is -0.497 e. The summed E-state index contributed by atoms with van der Waals surface area (Å²) in [6, 6.07) is 7.11. The molecule has 0 saturated heterocycles. The largest absolute Gasteiger partial charge is 0.497 e. The number of benzene rings is 1. The molecule has 1 aromatic rings. The predicted molar refractivity (Wildman–Crippen MR) is 104 cm³/mol. The molecule has 1 aliphatic heterocycles. The number of hydrogen-bond donors (Lipinski definition) is 1. The van der Waals surface area contributed by atoms with Gasteiger partial charge in [0.25, 0.3) is 0 Å². The van der Waals surface area contributed by atoms with Gasteiger partial charge < -0.3 is 10.1 Å². The maximum Gasteiger partial charge on any atom is 0.241 e. The van der Waals surface area contributed by atoms with Crippen LogP contribution in [0.25, 0.3) is 0 Å². The SMILES string of the molecule is COc1ccc(NC(=O)CCCN2C(=O)C3C=CC=CC3=NC2=S)cc1. The molecule has 2 amide bonds. The van der Waals surface area contributed by atoms with Crippen molar-refractivity contribution in [3.63, 3.8) is 0 Å². The molecule has 2 aliphatic rings. The van der Waals surface area contributed by atoms with E-state index in [1.165, 1.54) is 4.90 Å². The Kier molecular flexibility index (Phi) is 5.58. The summed E-state index contributed by atoms with van der Waals surface area (Å²) >= 11 is 5.23. The van der Waals surface area contributed by atoms with Gasteiger partial charge >= 0.3 is 0 Å². The van der Waals surface area contributed by atoms with Crippen molar-refractivity contribution in [2.75, 3.05) is 19.0 Å². The molecule has 1 heterocycles. The van der Waals surface area contributed by atoms with E-state index < -0.39 is 0 Å². The van der Waals surface area contributed by atoms with E-state index in [2.05, 4.69) is 10.3 Å². The number of anilines is 1. The summed E-state index contributed by atoms with van der Waals surface area (Å²) in [5.74, 6) is 0.151. The first-order valence-corrected chi connectivity index (χ1v) is 8.72. The van der Waals surface area contributed by atoms with Crippen LogP contribution in [0.15, 0.2) is 53.6 Å². The van der Waals surface area contributed by atoms with Crippen LogP contribution >= 0.6 is 12.2 Å². The maximum atomic E-state index is 12.6. The summed E-state index contributed by atoms with van der Waals surface area (Å²) in [4.78, 5) is 30.4. The molecule has 0 aromatic heterocycles. The smallest absolute Gasteiger partial charge is 0.241 e. The number of carbonyl (C=O) groups excluding carboxylic acids is 2. The molecule has 0 spiro atoms. The third-order valence-corrected chi connectivity index (χ3v) is 4.46. The molecular weight excluding hydrogens is 350 g/mol. The van der Waals surface area contributed by atoms with Gasteiger partial charge in [0.2, 0.25) is 16.9 Å². The fraction of sp³-hybridized carbons (Fsp3) is 0.263. The van der Waals surface area contributed by atoms with Crippen molar-refractivity contribution >= 4 is 40.5 Å². The number of methoxy groups -OCH3 is 1. The molecule has 1 N–H and O–H groups in total. The van der Waals surface area contributed by atoms with Crippen molar-refractivity contribution < 1.29 is 14.3 Å². The van der Waals surface area contributed by atoms with E-state index in [0.717, 1.165) is 5.75 Å². The number of aliphatic imine (C=N–C) groups is 1. The second kappa shape index (κ2) is 8.05. The van der Waals surface area contributed by atoms with Gasteiger partial charge in [-0.2, -0.15) is 0 Å². The van der Waals surface area contributed by atoms with Crippen LogP contribution < -0.4 is 10.1 Å². The lowest BCUT2D eigenvalue weighted by molar-refractivity contribution is -0.128. The molecule has 7 heteroatoms. The van der Waals surface area contributed by atoms with E-state index in [-0.39, 0.29) is 29.3 Å². The Bertz CT molecular complexity index is 812. The van der Waals surface area contributed by atoms with E-state index in [1.807, 2.05) is 18.2 Å². The van der Waals surface area contributed by atoms with Gasteiger partial charge in [-0.3, -0.25) is 14.5 Å². The fourth-order valence-corrected chi connectivity index (χ4v) is 3.07. The molecule has 3 rings (SSSR count). The fourth-order valence-electron chi connectivity index (χ4n) is 2.78. The van der Waals surface area contributed by atoms with Gasteiger partial charge in [-0.05, 0) is 49.0 Å². The zero-order valence-corrected chi connectivity index (χ0v) is 15.2. The monoisotopic (exact) mass is 369 g/mol. The lowest BCUT2D eigenvalue weighted by atomic mass is 9.95. The second-order valence-corrected chi connectivity index (χ2v) is 6.28. The summed E-state index contributed by atoms with van der Waals surface area (Å²) in [6.45, 7) is 0.374. The lowest BCUT2D eigenvalue weighted by Gasteiger charge is -2.30. The first-order chi connectivity index (χ1) is 12.6.